The summed E-state index contributed by atoms with van der Waals surface area (Å²) in [6.07, 6.45) is 2.58. The number of likely N-dealkylation sites (tertiary alicyclic amines) is 2. The van der Waals surface area contributed by atoms with Crippen LogP contribution >= 0.6 is 0 Å². The van der Waals surface area contributed by atoms with Gasteiger partial charge in [-0.25, -0.2) is 19.6 Å². The van der Waals surface area contributed by atoms with Gasteiger partial charge in [-0.1, -0.05) is 75.7 Å². The Bertz CT molecular complexity index is 2790. The van der Waals surface area contributed by atoms with Crippen LogP contribution in [0.4, 0.5) is 9.59 Å². The number of carbonyl (C=O) groups excluding carboxylic acids is 4. The third kappa shape index (κ3) is 8.41. The number of ether oxygens (including phenoxy) is 4. The van der Waals surface area contributed by atoms with Gasteiger partial charge in [-0.05, 0) is 76.6 Å². The Labute approximate surface area is 382 Å². The molecule has 2 saturated heterocycles. The number of nitrogens with one attached hydrogen (secondary N) is 4. The van der Waals surface area contributed by atoms with Crippen LogP contribution in [0, 0.1) is 17.8 Å². The Morgan fingerprint density at radius 3 is 2.36 bits per heavy atom. The molecule has 3 aliphatic heterocycles. The van der Waals surface area contributed by atoms with Gasteiger partial charge in [0, 0.05) is 37.1 Å². The maximum Gasteiger partial charge on any atom is 0.407 e. The molecule has 0 bridgehead atoms. The van der Waals surface area contributed by atoms with E-state index in [1.165, 1.54) is 14.2 Å². The number of benzene rings is 4. The summed E-state index contributed by atoms with van der Waals surface area (Å²) >= 11 is 0. The lowest BCUT2D eigenvalue weighted by Crippen LogP contribution is -2.51. The number of alkyl carbamates (subject to hydrolysis) is 2. The fourth-order valence-corrected chi connectivity index (χ4v) is 9.94. The molecule has 2 fully saturated rings. The van der Waals surface area contributed by atoms with Crippen molar-refractivity contribution >= 4 is 45.8 Å². The van der Waals surface area contributed by atoms with Crippen molar-refractivity contribution in [1.82, 2.24) is 40.4 Å². The molecule has 5 heterocycles. The topological polar surface area (TPSA) is 193 Å². The van der Waals surface area contributed by atoms with Gasteiger partial charge in [-0.3, -0.25) is 9.59 Å². The molecule has 6 aromatic rings. The normalized spacial score (nSPS) is 20.3. The van der Waals surface area contributed by atoms with Crippen molar-refractivity contribution in [3.05, 3.63) is 102 Å². The Morgan fingerprint density at radius 2 is 1.61 bits per heavy atom. The molecule has 3 aliphatic rings. The maximum atomic E-state index is 14.4. The summed E-state index contributed by atoms with van der Waals surface area (Å²) in [5.41, 5.74) is 7.11. The molecule has 4 aromatic carbocycles. The molecule has 16 nitrogen and oxygen atoms in total. The van der Waals surface area contributed by atoms with E-state index in [-0.39, 0.29) is 35.6 Å². The standard InChI is InChI=1S/C50H56N8O8/c1-7-28(3)42(55-49(61)64-5)47(59)57-23-27(2)17-39(57)45-51-22-38(53-45)32-13-15-34-33(19-32)26-66-41-21-35-31(20-36(34)41)14-16-37-44(35)54-46(52-37)40-18-29(25-63-4)24-58(40)48(60)43(56-50(62)65-6)30-11-9-8-10-12-30/h8-16,19-22,27-29,39-40,42-43H,7,17-18,23-26H2,1-6H3,(H,51,53)(H,52,54)(H,55,61)(H,56,62)/t27-,28-,29-,39-,40-,42?,43+/m0/s1. The van der Waals surface area contributed by atoms with Crippen LogP contribution < -0.4 is 15.4 Å². The van der Waals surface area contributed by atoms with E-state index in [1.54, 1.807) is 12.0 Å². The van der Waals surface area contributed by atoms with Gasteiger partial charge in [0.25, 0.3) is 5.91 Å². The van der Waals surface area contributed by atoms with Gasteiger partial charge in [-0.15, -0.1) is 0 Å². The highest BCUT2D eigenvalue weighted by Crippen LogP contribution is 2.44. The summed E-state index contributed by atoms with van der Waals surface area (Å²) in [6.45, 7) is 7.91. The Morgan fingerprint density at radius 1 is 0.848 bits per heavy atom. The summed E-state index contributed by atoms with van der Waals surface area (Å²) in [5, 5.41) is 7.47. The number of nitrogens with zero attached hydrogens (tertiary/aromatic N) is 4. The zero-order valence-electron chi connectivity index (χ0n) is 38.1. The van der Waals surface area contributed by atoms with E-state index in [4.69, 9.17) is 28.9 Å². The van der Waals surface area contributed by atoms with Gasteiger partial charge >= 0.3 is 12.2 Å². The molecular weight excluding hydrogens is 841 g/mol. The maximum absolute atomic E-state index is 14.4. The summed E-state index contributed by atoms with van der Waals surface area (Å²) in [7, 11) is 4.23. The zero-order valence-corrected chi connectivity index (χ0v) is 38.1. The third-order valence-electron chi connectivity index (χ3n) is 13.5. The van der Waals surface area contributed by atoms with Crippen molar-refractivity contribution in [2.45, 2.75) is 70.8 Å². The quantitative estimate of drug-likeness (QED) is 0.0936. The average molecular weight is 897 g/mol. The van der Waals surface area contributed by atoms with E-state index in [0.29, 0.717) is 56.4 Å². The van der Waals surface area contributed by atoms with Crippen LogP contribution in [-0.4, -0.2) is 101 Å². The van der Waals surface area contributed by atoms with Gasteiger partial charge in [0.2, 0.25) is 5.91 Å². The second kappa shape index (κ2) is 18.5. The summed E-state index contributed by atoms with van der Waals surface area (Å²) in [4.78, 5) is 73.7. The van der Waals surface area contributed by atoms with Crippen molar-refractivity contribution in [1.29, 1.82) is 0 Å². The van der Waals surface area contributed by atoms with E-state index in [2.05, 4.69) is 63.9 Å². The minimum atomic E-state index is -0.956. The Balaban J connectivity index is 0.979. The van der Waals surface area contributed by atoms with Crippen molar-refractivity contribution in [3.8, 4) is 28.1 Å². The van der Waals surface area contributed by atoms with Crippen LogP contribution in [0.1, 0.15) is 80.9 Å². The van der Waals surface area contributed by atoms with Crippen LogP contribution in [0.25, 0.3) is 44.2 Å². The fourth-order valence-electron chi connectivity index (χ4n) is 9.94. The zero-order chi connectivity index (χ0) is 46.2. The number of H-pyrrole nitrogens is 2. The minimum absolute atomic E-state index is 0.0579. The van der Waals surface area contributed by atoms with Gasteiger partial charge < -0.3 is 49.3 Å². The number of rotatable bonds is 12. The van der Waals surface area contributed by atoms with Crippen molar-refractivity contribution in [2.24, 2.45) is 17.8 Å². The minimum Gasteiger partial charge on any atom is -0.488 e. The van der Waals surface area contributed by atoms with E-state index in [1.807, 2.05) is 61.3 Å². The first-order chi connectivity index (χ1) is 32.0. The molecule has 66 heavy (non-hydrogen) atoms. The van der Waals surface area contributed by atoms with Crippen LogP contribution in [0.5, 0.6) is 5.75 Å². The first-order valence-electron chi connectivity index (χ1n) is 22.6. The molecule has 344 valence electrons. The lowest BCUT2D eigenvalue weighted by Gasteiger charge is -2.30. The van der Waals surface area contributed by atoms with E-state index >= 15 is 0 Å². The number of imidazole rings is 2. The molecule has 0 spiro atoms. The first-order valence-corrected chi connectivity index (χ1v) is 22.6. The fraction of sp³-hybridized carbons (Fsp3) is 0.400. The third-order valence-corrected chi connectivity index (χ3v) is 13.5. The smallest absolute Gasteiger partial charge is 0.407 e. The molecule has 9 rings (SSSR count). The Hall–Kier alpha value is -6.94. The monoisotopic (exact) mass is 896 g/mol. The highest BCUT2D eigenvalue weighted by Gasteiger charge is 2.42. The lowest BCUT2D eigenvalue weighted by molar-refractivity contribution is -0.136. The molecule has 0 radical (unpaired) electrons. The van der Waals surface area contributed by atoms with Crippen LogP contribution in [-0.2, 0) is 30.4 Å². The molecule has 4 N–H and O–H groups in total. The number of methoxy groups -OCH3 is 3. The van der Waals surface area contributed by atoms with Gasteiger partial charge in [0.05, 0.1) is 55.8 Å². The number of fused-ring (bicyclic) bond motifs is 6. The summed E-state index contributed by atoms with van der Waals surface area (Å²) in [6, 6.07) is 21.4. The molecule has 2 aromatic heterocycles. The molecule has 1 unspecified atom stereocenters. The van der Waals surface area contributed by atoms with Crippen molar-refractivity contribution in [2.75, 3.05) is 41.0 Å². The van der Waals surface area contributed by atoms with Crippen molar-refractivity contribution in [3.63, 3.8) is 0 Å². The largest absolute Gasteiger partial charge is 0.488 e. The molecular formula is C50H56N8O8. The average Bonchev–Trinajstić information content (AvgIpc) is 4.17. The predicted molar refractivity (Wildman–Crippen MR) is 247 cm³/mol. The lowest BCUT2D eigenvalue weighted by atomic mass is 9.92. The highest BCUT2D eigenvalue weighted by atomic mass is 16.5. The second-order valence-corrected chi connectivity index (χ2v) is 17.9. The molecule has 4 amide bonds. The van der Waals surface area contributed by atoms with Crippen molar-refractivity contribution < 1.29 is 38.1 Å². The van der Waals surface area contributed by atoms with E-state index < -0.39 is 30.3 Å². The number of aromatic amines is 2. The van der Waals surface area contributed by atoms with Crippen LogP contribution in [0.15, 0.2) is 79.0 Å². The molecule has 0 saturated carbocycles. The van der Waals surface area contributed by atoms with Gasteiger partial charge in [-0.2, -0.15) is 0 Å². The van der Waals surface area contributed by atoms with E-state index in [0.717, 1.165) is 61.9 Å². The molecule has 7 atom stereocenters. The van der Waals surface area contributed by atoms with Crippen LogP contribution in [0.3, 0.4) is 0 Å². The predicted octanol–water partition coefficient (Wildman–Crippen LogP) is 7.98. The first kappa shape index (κ1) is 44.3. The summed E-state index contributed by atoms with van der Waals surface area (Å²) in [5.74, 6) is 1.94. The number of carbonyl (C=O) groups is 4. The molecule has 0 aliphatic carbocycles. The van der Waals surface area contributed by atoms with Gasteiger partial charge in [0.15, 0.2) is 0 Å². The highest BCUT2D eigenvalue weighted by molar-refractivity contribution is 6.07. The van der Waals surface area contributed by atoms with Crippen LogP contribution in [0.2, 0.25) is 0 Å². The summed E-state index contributed by atoms with van der Waals surface area (Å²) < 4.78 is 21.8. The number of hydrogen-bond donors (Lipinski definition) is 4. The number of hydrogen-bond acceptors (Lipinski definition) is 10. The molecule has 16 heteroatoms. The SMILES string of the molecule is CC[C@H](C)C(NC(=O)OC)C(=O)N1C[C@@H](C)C[C@H]1c1ncc(-c2ccc3c(c2)COc2cc4c(ccc5nc([C@@H]6C[C@H](COC)CN6C(=O)[C@H](NC(=O)OC)c6ccccc6)[nH]c54)cc2-3)[nH]1. The number of aromatic nitrogens is 4. The second-order valence-electron chi connectivity index (χ2n) is 17.9. The Kier molecular flexibility index (Phi) is 12.4. The number of amides is 4. The van der Waals surface area contributed by atoms with Gasteiger partial charge in [0.1, 0.15) is 36.1 Å². The van der Waals surface area contributed by atoms with E-state index in [9.17, 15) is 19.2 Å².